The molecule has 2 rings (SSSR count). The third kappa shape index (κ3) is 8.62. The number of nitrogens with one attached hydrogen (secondary N) is 2. The molecule has 39 heavy (non-hydrogen) atoms. The van der Waals surface area contributed by atoms with E-state index in [0.29, 0.717) is 22.7 Å². The van der Waals surface area contributed by atoms with Crippen LogP contribution in [-0.4, -0.2) is 45.6 Å². The molecule has 0 aliphatic heterocycles. The molecule has 3 N–H and O–H groups in total. The average Bonchev–Trinajstić information content (AvgIpc) is 2.79. The van der Waals surface area contributed by atoms with Gasteiger partial charge in [0.05, 0.1) is 10.7 Å². The van der Waals surface area contributed by atoms with Gasteiger partial charge in [-0.2, -0.15) is 0 Å². The molecule has 0 saturated carbocycles. The molecule has 0 fully saturated rings. The molecular formula is C30H42ClN3O5. The molecule has 2 aromatic rings. The topological polar surface area (TPSA) is 108 Å². The predicted molar refractivity (Wildman–Crippen MR) is 155 cm³/mol. The normalized spacial score (nSPS) is 13.1. The van der Waals surface area contributed by atoms with Gasteiger partial charge in [-0.3, -0.25) is 9.59 Å². The third-order valence-corrected chi connectivity index (χ3v) is 6.38. The third-order valence-electron chi connectivity index (χ3n) is 6.07. The number of carbonyl (C=O) groups excluding carboxylic acids is 3. The average molecular weight is 560 g/mol. The molecule has 8 nitrogen and oxygen atoms in total. The Hall–Kier alpha value is -3.26. The van der Waals surface area contributed by atoms with Crippen LogP contribution in [0.1, 0.15) is 77.6 Å². The van der Waals surface area contributed by atoms with Gasteiger partial charge in [-0.15, -0.1) is 0 Å². The van der Waals surface area contributed by atoms with Crippen LogP contribution in [-0.2, 0) is 14.3 Å². The minimum Gasteiger partial charge on any atom is -0.507 e. The predicted octanol–water partition coefficient (Wildman–Crippen LogP) is 6.52. The first-order valence-electron chi connectivity index (χ1n) is 13.2. The van der Waals surface area contributed by atoms with Gasteiger partial charge >= 0.3 is 6.09 Å². The molecule has 0 aliphatic carbocycles. The Balaban J connectivity index is 2.62. The Kier molecular flexibility index (Phi) is 10.8. The highest BCUT2D eigenvalue weighted by Crippen LogP contribution is 2.35. The van der Waals surface area contributed by atoms with Crippen molar-refractivity contribution in [3.63, 3.8) is 0 Å². The smallest absolute Gasteiger partial charge is 0.408 e. The Morgan fingerprint density at radius 3 is 2.13 bits per heavy atom. The molecule has 0 heterocycles. The fourth-order valence-electron chi connectivity index (χ4n) is 4.30. The highest BCUT2D eigenvalue weighted by atomic mass is 35.5. The number of halogens is 1. The number of aryl methyl sites for hydroxylation is 2. The van der Waals surface area contributed by atoms with Crippen LogP contribution in [0.3, 0.4) is 0 Å². The minimum atomic E-state index is -1.22. The van der Waals surface area contributed by atoms with Gasteiger partial charge in [0.2, 0.25) is 5.91 Å². The second-order valence-electron chi connectivity index (χ2n) is 11.5. The molecule has 2 aromatic carbocycles. The van der Waals surface area contributed by atoms with Crippen LogP contribution in [0.25, 0.3) is 0 Å². The van der Waals surface area contributed by atoms with E-state index >= 15 is 0 Å². The number of aromatic hydroxyl groups is 1. The summed E-state index contributed by atoms with van der Waals surface area (Å²) in [4.78, 5) is 42.3. The number of carbonyl (C=O) groups is 3. The summed E-state index contributed by atoms with van der Waals surface area (Å²) < 4.78 is 5.42. The van der Waals surface area contributed by atoms with E-state index < -0.39 is 41.6 Å². The first-order chi connectivity index (χ1) is 18.0. The molecule has 3 amide bonds. The lowest BCUT2D eigenvalue weighted by Crippen LogP contribution is -2.54. The molecule has 214 valence electrons. The van der Waals surface area contributed by atoms with Crippen LogP contribution in [0.5, 0.6) is 5.75 Å². The van der Waals surface area contributed by atoms with Crippen molar-refractivity contribution in [2.75, 3.05) is 5.32 Å². The molecule has 9 heteroatoms. The summed E-state index contributed by atoms with van der Waals surface area (Å²) in [5, 5.41) is 17.0. The van der Waals surface area contributed by atoms with E-state index in [1.165, 1.54) is 4.90 Å². The summed E-state index contributed by atoms with van der Waals surface area (Å²) in [6.45, 7) is 16.2. The van der Waals surface area contributed by atoms with E-state index in [-0.39, 0.29) is 17.2 Å². The second-order valence-corrected chi connectivity index (χ2v) is 11.9. The number of rotatable bonds is 9. The van der Waals surface area contributed by atoms with Crippen molar-refractivity contribution in [1.82, 2.24) is 10.2 Å². The lowest BCUT2D eigenvalue weighted by Gasteiger charge is -2.38. The van der Waals surface area contributed by atoms with E-state index in [0.717, 1.165) is 5.56 Å². The van der Waals surface area contributed by atoms with Crippen LogP contribution in [0.4, 0.5) is 10.5 Å². The first-order valence-corrected chi connectivity index (χ1v) is 13.6. The van der Waals surface area contributed by atoms with Crippen molar-refractivity contribution >= 4 is 35.2 Å². The molecule has 2 atom stereocenters. The van der Waals surface area contributed by atoms with Crippen LogP contribution in [0, 0.1) is 19.8 Å². The zero-order valence-corrected chi connectivity index (χ0v) is 25.1. The lowest BCUT2D eigenvalue weighted by molar-refractivity contribution is -0.143. The van der Waals surface area contributed by atoms with Crippen LogP contribution in [0.15, 0.2) is 36.4 Å². The standard InChI is InChI=1S/C30H42ClN3O5/c1-17(2)16-23(32-29(38)39-30(7,8)9)28(37)34(18(3)4)25(21-14-10-13-20(6)26(21)35)27(36)33-24-19(5)12-11-15-22(24)31/h10-15,17-18,23,25,35H,16H2,1-9H3,(H,32,38)(H,33,36). The molecule has 0 radical (unpaired) electrons. The molecule has 2 unspecified atom stereocenters. The van der Waals surface area contributed by atoms with E-state index in [9.17, 15) is 19.5 Å². The Labute approximate surface area is 237 Å². The summed E-state index contributed by atoms with van der Waals surface area (Å²) in [5.74, 6) is -1.06. The molecule has 0 aliphatic rings. The zero-order chi connectivity index (χ0) is 29.7. The van der Waals surface area contributed by atoms with Crippen LogP contribution < -0.4 is 10.6 Å². The SMILES string of the molecule is Cc1cccc(C(C(=O)Nc2c(C)cccc2Cl)N(C(=O)C(CC(C)C)NC(=O)OC(C)(C)C)C(C)C)c1O. The molecule has 0 saturated heterocycles. The fraction of sp³-hybridized carbons (Fsp3) is 0.500. The minimum absolute atomic E-state index is 0.0494. The number of hydrogen-bond acceptors (Lipinski definition) is 5. The highest BCUT2D eigenvalue weighted by Gasteiger charge is 2.39. The van der Waals surface area contributed by atoms with Crippen molar-refractivity contribution in [1.29, 1.82) is 0 Å². The van der Waals surface area contributed by atoms with E-state index in [1.54, 1.807) is 71.9 Å². The molecule has 0 spiro atoms. The summed E-state index contributed by atoms with van der Waals surface area (Å²) in [6, 6.07) is 7.66. The van der Waals surface area contributed by atoms with Gasteiger partial charge in [-0.1, -0.05) is 55.8 Å². The summed E-state index contributed by atoms with van der Waals surface area (Å²) in [7, 11) is 0. The fourth-order valence-corrected chi connectivity index (χ4v) is 4.57. The summed E-state index contributed by atoms with van der Waals surface area (Å²) >= 11 is 6.40. The number of amides is 3. The van der Waals surface area contributed by atoms with E-state index in [4.69, 9.17) is 16.3 Å². The van der Waals surface area contributed by atoms with Crippen LogP contribution >= 0.6 is 11.6 Å². The number of para-hydroxylation sites is 2. The Bertz CT molecular complexity index is 1170. The molecule has 0 bridgehead atoms. The van der Waals surface area contributed by atoms with Gasteiger partial charge in [0, 0.05) is 11.6 Å². The summed E-state index contributed by atoms with van der Waals surface area (Å²) in [6.07, 6.45) is -0.407. The highest BCUT2D eigenvalue weighted by molar-refractivity contribution is 6.34. The maximum absolute atomic E-state index is 14.2. The van der Waals surface area contributed by atoms with Crippen molar-refractivity contribution < 1.29 is 24.2 Å². The van der Waals surface area contributed by atoms with Gasteiger partial charge in [-0.25, -0.2) is 4.79 Å². The zero-order valence-electron chi connectivity index (χ0n) is 24.4. The quantitative estimate of drug-likeness (QED) is 0.324. The van der Waals surface area contributed by atoms with Crippen LogP contribution in [0.2, 0.25) is 5.02 Å². The number of phenols is 1. The number of anilines is 1. The van der Waals surface area contributed by atoms with Gasteiger partial charge in [0.25, 0.3) is 5.91 Å². The van der Waals surface area contributed by atoms with Crippen molar-refractivity contribution in [3.8, 4) is 5.75 Å². The number of hydrogen-bond donors (Lipinski definition) is 3. The van der Waals surface area contributed by atoms with Gasteiger partial charge in [0.1, 0.15) is 23.4 Å². The number of phenolic OH excluding ortho intramolecular Hbond substituents is 1. The number of nitrogens with zero attached hydrogens (tertiary/aromatic N) is 1. The largest absolute Gasteiger partial charge is 0.507 e. The number of alkyl carbamates (subject to hydrolysis) is 1. The van der Waals surface area contributed by atoms with Crippen molar-refractivity contribution in [2.45, 2.75) is 92.5 Å². The molecular weight excluding hydrogens is 518 g/mol. The molecule has 0 aromatic heterocycles. The van der Waals surface area contributed by atoms with Crippen molar-refractivity contribution in [2.24, 2.45) is 5.92 Å². The van der Waals surface area contributed by atoms with Gasteiger partial charge in [-0.05, 0) is 78.0 Å². The number of benzene rings is 2. The van der Waals surface area contributed by atoms with Gasteiger partial charge in [0.15, 0.2) is 0 Å². The van der Waals surface area contributed by atoms with Gasteiger partial charge < -0.3 is 25.4 Å². The monoisotopic (exact) mass is 559 g/mol. The number of ether oxygens (including phenoxy) is 1. The Morgan fingerprint density at radius 2 is 1.59 bits per heavy atom. The maximum Gasteiger partial charge on any atom is 0.408 e. The summed E-state index contributed by atoms with van der Waals surface area (Å²) in [5.41, 5.74) is 1.23. The maximum atomic E-state index is 14.2. The van der Waals surface area contributed by atoms with E-state index in [1.807, 2.05) is 26.8 Å². The van der Waals surface area contributed by atoms with E-state index in [2.05, 4.69) is 10.6 Å². The van der Waals surface area contributed by atoms with Crippen molar-refractivity contribution in [3.05, 3.63) is 58.1 Å². The first kappa shape index (κ1) is 32.0. The Morgan fingerprint density at radius 1 is 1.00 bits per heavy atom. The second kappa shape index (κ2) is 13.2. The lowest BCUT2D eigenvalue weighted by atomic mass is 9.96.